The molecule has 0 saturated heterocycles. The van der Waals surface area contributed by atoms with Gasteiger partial charge in [-0.3, -0.25) is 9.88 Å². The van der Waals surface area contributed by atoms with Gasteiger partial charge >= 0.3 is 0 Å². The van der Waals surface area contributed by atoms with Crippen LogP contribution in [0, 0.1) is 5.82 Å². The summed E-state index contributed by atoms with van der Waals surface area (Å²) >= 11 is 0. The molecule has 1 aromatic rings. The summed E-state index contributed by atoms with van der Waals surface area (Å²) in [6.45, 7) is 0.711. The molecule has 0 radical (unpaired) electrons. The summed E-state index contributed by atoms with van der Waals surface area (Å²) in [7, 11) is 2.06. The minimum absolute atomic E-state index is 0.246. The zero-order chi connectivity index (χ0) is 12.3. The van der Waals surface area contributed by atoms with E-state index >= 15 is 0 Å². The van der Waals surface area contributed by atoms with E-state index in [-0.39, 0.29) is 11.9 Å². The zero-order valence-electron chi connectivity index (χ0n) is 10.3. The third-order valence-electron chi connectivity index (χ3n) is 3.54. The van der Waals surface area contributed by atoms with Gasteiger partial charge < -0.3 is 5.73 Å². The molecule has 0 aromatic carbocycles. The molecule has 0 aliphatic heterocycles. The molecule has 1 heterocycles. The number of nitrogens with zero attached hydrogens (tertiary/aromatic N) is 2. The van der Waals surface area contributed by atoms with E-state index < -0.39 is 0 Å². The second-order valence-corrected chi connectivity index (χ2v) is 4.94. The van der Waals surface area contributed by atoms with Crippen LogP contribution in [0.3, 0.4) is 0 Å². The highest BCUT2D eigenvalue weighted by Gasteiger charge is 2.25. The molecule has 3 nitrogen and oxygen atoms in total. The van der Waals surface area contributed by atoms with Crippen LogP contribution in [0.25, 0.3) is 0 Å². The molecule has 94 valence electrons. The Bertz CT molecular complexity index is 369. The van der Waals surface area contributed by atoms with Gasteiger partial charge in [-0.1, -0.05) is 12.8 Å². The molecule has 0 spiro atoms. The minimum Gasteiger partial charge on any atom is -0.326 e. The first-order valence-electron chi connectivity index (χ1n) is 6.22. The van der Waals surface area contributed by atoms with Crippen molar-refractivity contribution in [3.8, 4) is 0 Å². The van der Waals surface area contributed by atoms with E-state index in [0.717, 1.165) is 18.4 Å². The number of aromatic nitrogens is 1. The van der Waals surface area contributed by atoms with Gasteiger partial charge in [-0.05, 0) is 31.5 Å². The summed E-state index contributed by atoms with van der Waals surface area (Å²) in [5.41, 5.74) is 7.04. The summed E-state index contributed by atoms with van der Waals surface area (Å²) in [6, 6.07) is 2.19. The predicted molar refractivity (Wildman–Crippen MR) is 65.9 cm³/mol. The van der Waals surface area contributed by atoms with Crippen LogP contribution in [-0.2, 0) is 6.54 Å². The highest BCUT2D eigenvalue weighted by molar-refractivity contribution is 5.10. The fourth-order valence-electron chi connectivity index (χ4n) is 2.63. The van der Waals surface area contributed by atoms with Crippen LogP contribution < -0.4 is 5.73 Å². The Morgan fingerprint density at radius 3 is 2.88 bits per heavy atom. The van der Waals surface area contributed by atoms with Gasteiger partial charge in [0, 0.05) is 24.8 Å². The van der Waals surface area contributed by atoms with Gasteiger partial charge in [0.25, 0.3) is 0 Å². The highest BCUT2D eigenvalue weighted by atomic mass is 19.1. The molecule has 0 bridgehead atoms. The molecule has 1 aromatic heterocycles. The molecular formula is C13H20FN3. The lowest BCUT2D eigenvalue weighted by atomic mass is 9.90. The number of nitrogens with two attached hydrogens (primary N) is 1. The normalized spacial score (nSPS) is 25.2. The first-order valence-corrected chi connectivity index (χ1v) is 6.22. The average molecular weight is 237 g/mol. The molecule has 2 atom stereocenters. The number of hydrogen-bond acceptors (Lipinski definition) is 3. The van der Waals surface area contributed by atoms with Crippen molar-refractivity contribution in [1.29, 1.82) is 0 Å². The zero-order valence-corrected chi connectivity index (χ0v) is 10.3. The Morgan fingerprint density at radius 1 is 1.41 bits per heavy atom. The number of halogens is 1. The molecule has 2 unspecified atom stereocenters. The van der Waals surface area contributed by atoms with Crippen LogP contribution >= 0.6 is 0 Å². The SMILES string of the molecule is CN(Cc1cncc(F)c1)C1CCCCC1N. The maximum Gasteiger partial charge on any atom is 0.141 e. The smallest absolute Gasteiger partial charge is 0.141 e. The number of likely N-dealkylation sites (N-methyl/N-ethyl adjacent to an activating group) is 1. The Morgan fingerprint density at radius 2 is 2.18 bits per heavy atom. The molecule has 17 heavy (non-hydrogen) atoms. The van der Waals surface area contributed by atoms with Crippen LogP contribution in [0.1, 0.15) is 31.2 Å². The Balaban J connectivity index is 1.98. The summed E-state index contributed by atoms with van der Waals surface area (Å²) in [6.07, 6.45) is 7.65. The van der Waals surface area contributed by atoms with Crippen LogP contribution in [-0.4, -0.2) is 29.0 Å². The molecular weight excluding hydrogens is 217 g/mol. The van der Waals surface area contributed by atoms with Gasteiger partial charge in [0.1, 0.15) is 5.82 Å². The monoisotopic (exact) mass is 237 g/mol. The third-order valence-corrected chi connectivity index (χ3v) is 3.54. The van der Waals surface area contributed by atoms with Crippen molar-refractivity contribution >= 4 is 0 Å². The minimum atomic E-state index is -0.274. The lowest BCUT2D eigenvalue weighted by molar-refractivity contribution is 0.162. The van der Waals surface area contributed by atoms with E-state index in [9.17, 15) is 4.39 Å². The van der Waals surface area contributed by atoms with Gasteiger partial charge in [0.2, 0.25) is 0 Å². The standard InChI is InChI=1S/C13H20FN3/c1-17(13-5-3-2-4-12(13)15)9-10-6-11(14)8-16-7-10/h6-8,12-13H,2-5,9,15H2,1H3. The number of pyridine rings is 1. The maximum absolute atomic E-state index is 13.0. The van der Waals surface area contributed by atoms with Crippen molar-refractivity contribution in [2.75, 3.05) is 7.05 Å². The summed E-state index contributed by atoms with van der Waals surface area (Å²) in [5.74, 6) is -0.274. The fraction of sp³-hybridized carbons (Fsp3) is 0.615. The van der Waals surface area contributed by atoms with Crippen LogP contribution in [0.4, 0.5) is 4.39 Å². The van der Waals surface area contributed by atoms with E-state index in [1.807, 2.05) is 0 Å². The van der Waals surface area contributed by atoms with Gasteiger partial charge in [0.05, 0.1) is 6.20 Å². The topological polar surface area (TPSA) is 42.2 Å². The summed E-state index contributed by atoms with van der Waals surface area (Å²) < 4.78 is 13.0. The summed E-state index contributed by atoms with van der Waals surface area (Å²) in [4.78, 5) is 6.09. The Kier molecular flexibility index (Phi) is 4.07. The average Bonchev–Trinajstić information content (AvgIpc) is 2.29. The second kappa shape index (κ2) is 5.56. The molecule has 1 fully saturated rings. The van der Waals surface area contributed by atoms with Gasteiger partial charge in [-0.2, -0.15) is 0 Å². The van der Waals surface area contributed by atoms with E-state index in [1.54, 1.807) is 6.20 Å². The van der Waals surface area contributed by atoms with E-state index in [2.05, 4.69) is 16.9 Å². The highest BCUT2D eigenvalue weighted by Crippen LogP contribution is 2.22. The predicted octanol–water partition coefficient (Wildman–Crippen LogP) is 1.92. The van der Waals surface area contributed by atoms with Crippen molar-refractivity contribution in [1.82, 2.24) is 9.88 Å². The first kappa shape index (κ1) is 12.5. The quantitative estimate of drug-likeness (QED) is 0.873. The molecule has 4 heteroatoms. The molecule has 1 aliphatic carbocycles. The van der Waals surface area contributed by atoms with Gasteiger partial charge in [-0.15, -0.1) is 0 Å². The van der Waals surface area contributed by atoms with Crippen molar-refractivity contribution in [2.45, 2.75) is 44.3 Å². The van der Waals surface area contributed by atoms with E-state index in [0.29, 0.717) is 12.6 Å². The lowest BCUT2D eigenvalue weighted by Gasteiger charge is -2.36. The van der Waals surface area contributed by atoms with E-state index in [1.165, 1.54) is 25.1 Å². The van der Waals surface area contributed by atoms with Crippen molar-refractivity contribution in [2.24, 2.45) is 5.73 Å². The fourth-order valence-corrected chi connectivity index (χ4v) is 2.63. The molecule has 2 rings (SSSR count). The maximum atomic E-state index is 13.0. The molecule has 1 saturated carbocycles. The van der Waals surface area contributed by atoms with Crippen molar-refractivity contribution in [3.05, 3.63) is 29.8 Å². The Hall–Kier alpha value is -1.00. The van der Waals surface area contributed by atoms with Crippen molar-refractivity contribution in [3.63, 3.8) is 0 Å². The van der Waals surface area contributed by atoms with Crippen LogP contribution in [0.2, 0.25) is 0 Å². The van der Waals surface area contributed by atoms with Crippen molar-refractivity contribution < 1.29 is 4.39 Å². The second-order valence-electron chi connectivity index (χ2n) is 4.94. The largest absolute Gasteiger partial charge is 0.326 e. The lowest BCUT2D eigenvalue weighted by Crippen LogP contribution is -2.47. The molecule has 1 aliphatic rings. The summed E-state index contributed by atoms with van der Waals surface area (Å²) in [5, 5.41) is 0. The molecule has 2 N–H and O–H groups in total. The van der Waals surface area contributed by atoms with Gasteiger partial charge in [-0.25, -0.2) is 4.39 Å². The van der Waals surface area contributed by atoms with E-state index in [4.69, 9.17) is 5.73 Å². The number of rotatable bonds is 3. The Labute approximate surface area is 102 Å². The molecule has 0 amide bonds. The van der Waals surface area contributed by atoms with Crippen LogP contribution in [0.15, 0.2) is 18.5 Å². The van der Waals surface area contributed by atoms with Gasteiger partial charge in [0.15, 0.2) is 0 Å². The third kappa shape index (κ3) is 3.23. The van der Waals surface area contributed by atoms with Crippen LogP contribution in [0.5, 0.6) is 0 Å². The first-order chi connectivity index (χ1) is 8.16. The number of hydrogen-bond donors (Lipinski definition) is 1.